The number of rotatable bonds is 69. The smallest absolute Gasteiger partial charge is 0.306 e. The SMILES string of the molecule is CCCCCCCCCCCCCCCCCCCCCCCCCCCCCCCCCCCC(=O)OC(COC(=O)CCCCCCCCCCCCCCCCCCCCCCCCC)COC(OCC[N+](C)(C)C)C(=O)[O-]. The van der Waals surface area contributed by atoms with Crippen molar-refractivity contribution in [2.45, 2.75) is 399 Å². The summed E-state index contributed by atoms with van der Waals surface area (Å²) in [7, 11) is 5.95. The van der Waals surface area contributed by atoms with Gasteiger partial charge in [0.1, 0.15) is 13.2 Å². The van der Waals surface area contributed by atoms with E-state index in [-0.39, 0.29) is 32.2 Å². The molecule has 0 bridgehead atoms. The fraction of sp³-hybridized carbons (Fsp3) is 0.958. The van der Waals surface area contributed by atoms with Crippen LogP contribution in [0.1, 0.15) is 386 Å². The first-order valence-electron chi connectivity index (χ1n) is 36.2. The molecule has 9 heteroatoms. The molecule has 0 radical (unpaired) electrons. The molecule has 0 spiro atoms. The lowest BCUT2D eigenvalue weighted by molar-refractivity contribution is -0.870. The average Bonchev–Trinajstić information content (AvgIpc) is 3.44. The number of carboxylic acids is 1. The van der Waals surface area contributed by atoms with E-state index in [2.05, 4.69) is 13.8 Å². The lowest BCUT2D eigenvalue weighted by Gasteiger charge is -2.26. The number of carboxylic acid groups (broad SMARTS) is 1. The molecule has 0 aliphatic rings. The highest BCUT2D eigenvalue weighted by atomic mass is 16.7. The van der Waals surface area contributed by atoms with Crippen molar-refractivity contribution in [2.75, 3.05) is 47.5 Å². The summed E-state index contributed by atoms with van der Waals surface area (Å²) in [5, 5.41) is 11.8. The van der Waals surface area contributed by atoms with Gasteiger partial charge in [-0.15, -0.1) is 0 Å². The molecule has 482 valence electrons. The summed E-state index contributed by atoms with van der Waals surface area (Å²) in [6.07, 6.45) is 73.5. The Labute approximate surface area is 504 Å². The minimum absolute atomic E-state index is 0.154. The first-order chi connectivity index (χ1) is 39.6. The van der Waals surface area contributed by atoms with Gasteiger partial charge in [-0.25, -0.2) is 0 Å². The maximum atomic E-state index is 12.9. The monoisotopic (exact) mass is 1150 g/mol. The van der Waals surface area contributed by atoms with Gasteiger partial charge in [0.05, 0.1) is 40.3 Å². The third kappa shape index (κ3) is 65.7. The normalized spacial score (nSPS) is 12.6. The van der Waals surface area contributed by atoms with Gasteiger partial charge in [0.2, 0.25) is 0 Å². The van der Waals surface area contributed by atoms with E-state index in [0.29, 0.717) is 17.4 Å². The van der Waals surface area contributed by atoms with Gasteiger partial charge in [-0.05, 0) is 12.8 Å². The minimum Gasteiger partial charge on any atom is -0.545 e. The molecule has 0 heterocycles. The highest BCUT2D eigenvalue weighted by Gasteiger charge is 2.22. The van der Waals surface area contributed by atoms with Crippen LogP contribution in [0.15, 0.2) is 0 Å². The van der Waals surface area contributed by atoms with Crippen LogP contribution in [0.2, 0.25) is 0 Å². The summed E-state index contributed by atoms with van der Waals surface area (Å²) in [4.78, 5) is 37.5. The number of hydrogen-bond acceptors (Lipinski definition) is 8. The van der Waals surface area contributed by atoms with Crippen molar-refractivity contribution in [3.63, 3.8) is 0 Å². The maximum Gasteiger partial charge on any atom is 0.306 e. The molecule has 9 nitrogen and oxygen atoms in total. The lowest BCUT2D eigenvalue weighted by Crippen LogP contribution is -2.44. The summed E-state index contributed by atoms with van der Waals surface area (Å²) in [5.74, 6) is -2.24. The standard InChI is InChI=1S/C72H141NO8/c1-6-8-10-12-14-16-18-20-22-24-26-28-30-31-32-33-34-35-36-37-38-39-41-43-45-47-49-51-53-55-57-59-61-63-70(75)81-68(67-80-72(71(76)77)78-65-64-73(3,4)5)66-79-69(74)62-60-58-56-54-52-50-48-46-44-42-40-29-27-25-23-21-19-17-15-13-11-9-7-2/h68,72H,6-67H2,1-5H3. The number of likely N-dealkylation sites (N-methyl/N-ethyl adjacent to an activating group) is 1. The van der Waals surface area contributed by atoms with Gasteiger partial charge in [-0.3, -0.25) is 9.59 Å². The van der Waals surface area contributed by atoms with Gasteiger partial charge < -0.3 is 33.3 Å². The average molecular weight is 1150 g/mol. The zero-order valence-electron chi connectivity index (χ0n) is 55.2. The molecule has 0 aliphatic carbocycles. The molecule has 2 unspecified atom stereocenters. The third-order valence-corrected chi connectivity index (χ3v) is 16.9. The van der Waals surface area contributed by atoms with E-state index in [0.717, 1.165) is 38.5 Å². The molecule has 0 aromatic carbocycles. The largest absolute Gasteiger partial charge is 0.545 e. The molecule has 0 saturated carbocycles. The number of quaternary nitrogens is 1. The van der Waals surface area contributed by atoms with Crippen LogP contribution in [0.25, 0.3) is 0 Å². The molecule has 0 rings (SSSR count). The Bertz CT molecular complexity index is 1290. The zero-order valence-corrected chi connectivity index (χ0v) is 55.2. The lowest BCUT2D eigenvalue weighted by atomic mass is 10.0. The highest BCUT2D eigenvalue weighted by molar-refractivity contribution is 5.70. The molecule has 0 aromatic rings. The molecule has 2 atom stereocenters. The summed E-state index contributed by atoms with van der Waals surface area (Å²) in [6.45, 7) is 4.85. The number of carbonyl (C=O) groups is 3. The highest BCUT2D eigenvalue weighted by Crippen LogP contribution is 2.20. The predicted octanol–water partition coefficient (Wildman–Crippen LogP) is 20.9. The van der Waals surface area contributed by atoms with Crippen molar-refractivity contribution in [1.82, 2.24) is 0 Å². The van der Waals surface area contributed by atoms with Gasteiger partial charge in [0.15, 0.2) is 12.4 Å². The van der Waals surface area contributed by atoms with Crippen LogP contribution in [0.4, 0.5) is 0 Å². The zero-order chi connectivity index (χ0) is 59.1. The first kappa shape index (κ1) is 79.3. The predicted molar refractivity (Wildman–Crippen MR) is 344 cm³/mol. The van der Waals surface area contributed by atoms with E-state index in [1.165, 1.54) is 321 Å². The van der Waals surface area contributed by atoms with Crippen molar-refractivity contribution in [2.24, 2.45) is 0 Å². The molecule has 81 heavy (non-hydrogen) atoms. The topological polar surface area (TPSA) is 111 Å². The minimum atomic E-state index is -1.62. The second-order valence-electron chi connectivity index (χ2n) is 26.3. The molecular weight excluding hydrogens is 1010 g/mol. The van der Waals surface area contributed by atoms with Gasteiger partial charge in [-0.1, -0.05) is 361 Å². The molecule has 0 aliphatic heterocycles. The molecule has 0 N–H and O–H groups in total. The van der Waals surface area contributed by atoms with Gasteiger partial charge in [-0.2, -0.15) is 0 Å². The molecular formula is C72H141NO8. The Hall–Kier alpha value is -1.71. The number of ether oxygens (including phenoxy) is 4. The number of hydrogen-bond donors (Lipinski definition) is 0. The van der Waals surface area contributed by atoms with Crippen molar-refractivity contribution in [3.05, 3.63) is 0 Å². The van der Waals surface area contributed by atoms with Crippen molar-refractivity contribution in [1.29, 1.82) is 0 Å². The van der Waals surface area contributed by atoms with Crippen LogP contribution >= 0.6 is 0 Å². The number of nitrogens with zero attached hydrogens (tertiary/aromatic N) is 1. The van der Waals surface area contributed by atoms with Gasteiger partial charge >= 0.3 is 11.9 Å². The number of carbonyl (C=O) groups excluding carboxylic acids is 3. The van der Waals surface area contributed by atoms with Crippen molar-refractivity contribution >= 4 is 17.9 Å². The van der Waals surface area contributed by atoms with Gasteiger partial charge in [0.25, 0.3) is 0 Å². The second kappa shape index (κ2) is 64.3. The van der Waals surface area contributed by atoms with E-state index in [9.17, 15) is 19.5 Å². The van der Waals surface area contributed by atoms with Crippen LogP contribution < -0.4 is 5.11 Å². The van der Waals surface area contributed by atoms with E-state index in [1.54, 1.807) is 0 Å². The van der Waals surface area contributed by atoms with Crippen LogP contribution in [-0.4, -0.2) is 82.3 Å². The Morgan fingerprint density at radius 1 is 0.321 bits per heavy atom. The van der Waals surface area contributed by atoms with Crippen LogP contribution in [0, 0.1) is 0 Å². The fourth-order valence-corrected chi connectivity index (χ4v) is 11.3. The Morgan fingerprint density at radius 3 is 0.790 bits per heavy atom. The van der Waals surface area contributed by atoms with Crippen LogP contribution in [0.5, 0.6) is 0 Å². The first-order valence-corrected chi connectivity index (χ1v) is 36.2. The number of aliphatic carboxylic acids is 1. The van der Waals surface area contributed by atoms with Crippen molar-refractivity contribution in [3.8, 4) is 0 Å². The summed E-state index contributed by atoms with van der Waals surface area (Å²) < 4.78 is 22.8. The van der Waals surface area contributed by atoms with E-state index < -0.39 is 24.3 Å². The molecule has 0 amide bonds. The summed E-state index contributed by atoms with van der Waals surface area (Å²) in [6, 6.07) is 0. The quantitative estimate of drug-likeness (QED) is 0.0256. The van der Waals surface area contributed by atoms with E-state index >= 15 is 0 Å². The van der Waals surface area contributed by atoms with Gasteiger partial charge in [0, 0.05) is 12.8 Å². The van der Waals surface area contributed by atoms with Crippen molar-refractivity contribution < 1.29 is 42.9 Å². The number of unbranched alkanes of at least 4 members (excludes halogenated alkanes) is 54. The molecule has 0 fully saturated rings. The van der Waals surface area contributed by atoms with E-state index in [4.69, 9.17) is 18.9 Å². The molecule has 0 aromatic heterocycles. The van der Waals surface area contributed by atoms with Crippen LogP contribution in [-0.2, 0) is 33.3 Å². The maximum absolute atomic E-state index is 12.9. The second-order valence-corrected chi connectivity index (χ2v) is 26.3. The fourth-order valence-electron chi connectivity index (χ4n) is 11.3. The molecule has 0 saturated heterocycles. The Kier molecular flexibility index (Phi) is 62.9. The summed E-state index contributed by atoms with van der Waals surface area (Å²) >= 11 is 0. The Morgan fingerprint density at radius 2 is 0.556 bits per heavy atom. The Balaban J connectivity index is 4.00. The number of esters is 2. The third-order valence-electron chi connectivity index (χ3n) is 16.9. The van der Waals surface area contributed by atoms with Crippen LogP contribution in [0.3, 0.4) is 0 Å². The van der Waals surface area contributed by atoms with E-state index in [1.807, 2.05) is 21.1 Å². The summed E-state index contributed by atoms with van der Waals surface area (Å²) in [5.41, 5.74) is 0.